The van der Waals surface area contributed by atoms with Crippen LogP contribution in [-0.4, -0.2) is 38.0 Å². The maximum absolute atomic E-state index is 13.1. The molecular weight excluding hydrogens is 324 g/mol. The van der Waals surface area contributed by atoms with Crippen molar-refractivity contribution in [3.63, 3.8) is 0 Å². The largest absolute Gasteiger partial charge is 0.329 e. The van der Waals surface area contributed by atoms with Crippen molar-refractivity contribution in [3.8, 4) is 0 Å². The van der Waals surface area contributed by atoms with E-state index in [-0.39, 0.29) is 29.6 Å². The third-order valence-corrected chi connectivity index (χ3v) is 6.41. The highest BCUT2D eigenvalue weighted by Crippen LogP contribution is 2.37. The van der Waals surface area contributed by atoms with Gasteiger partial charge in [0.25, 0.3) is 0 Å². The van der Waals surface area contributed by atoms with Crippen molar-refractivity contribution in [1.82, 2.24) is 0 Å². The average Bonchev–Trinajstić information content (AvgIpc) is 2.98. The number of urea groups is 1. The summed E-state index contributed by atoms with van der Waals surface area (Å²) in [7, 11) is -3.15. The van der Waals surface area contributed by atoms with Crippen LogP contribution in [0.15, 0.2) is 54.6 Å². The van der Waals surface area contributed by atoms with Crippen molar-refractivity contribution >= 4 is 27.2 Å². The van der Waals surface area contributed by atoms with Crippen molar-refractivity contribution in [1.29, 1.82) is 0 Å². The van der Waals surface area contributed by atoms with Gasteiger partial charge in [-0.3, -0.25) is 9.80 Å². The zero-order valence-corrected chi connectivity index (χ0v) is 14.1. The van der Waals surface area contributed by atoms with Crippen LogP contribution in [0.3, 0.4) is 0 Å². The summed E-state index contributed by atoms with van der Waals surface area (Å²) < 4.78 is 24.4. The fraction of sp³-hybridized carbons (Fsp3) is 0.278. The van der Waals surface area contributed by atoms with Gasteiger partial charge in [-0.1, -0.05) is 35.9 Å². The summed E-state index contributed by atoms with van der Waals surface area (Å²) in [5.74, 6) is 0.0290. The van der Waals surface area contributed by atoms with Crippen LogP contribution in [0, 0.1) is 6.92 Å². The molecule has 2 saturated heterocycles. The van der Waals surface area contributed by atoms with Crippen molar-refractivity contribution in [2.75, 3.05) is 21.3 Å². The Morgan fingerprint density at radius 3 is 1.88 bits per heavy atom. The Bertz CT molecular complexity index is 878. The number of nitrogens with zero attached hydrogens (tertiary/aromatic N) is 2. The molecule has 0 aliphatic carbocycles. The minimum absolute atomic E-state index is 0.0145. The molecule has 6 heteroatoms. The normalized spacial score (nSPS) is 25.1. The first-order chi connectivity index (χ1) is 11.5. The smallest absolute Gasteiger partial charge is 0.288 e. The Balaban J connectivity index is 1.80. The second-order valence-corrected chi connectivity index (χ2v) is 8.56. The van der Waals surface area contributed by atoms with Crippen molar-refractivity contribution in [2.45, 2.75) is 19.0 Å². The number of rotatable bonds is 2. The van der Waals surface area contributed by atoms with E-state index in [1.165, 1.54) is 0 Å². The molecule has 2 amide bonds. The molecule has 0 radical (unpaired) electrons. The van der Waals surface area contributed by atoms with E-state index < -0.39 is 9.84 Å². The van der Waals surface area contributed by atoms with Crippen molar-refractivity contribution < 1.29 is 13.2 Å². The van der Waals surface area contributed by atoms with Gasteiger partial charge in [0.15, 0.2) is 9.84 Å². The average molecular weight is 342 g/mol. The highest BCUT2D eigenvalue weighted by atomic mass is 32.2. The molecule has 0 N–H and O–H groups in total. The Morgan fingerprint density at radius 2 is 1.33 bits per heavy atom. The van der Waals surface area contributed by atoms with Crippen LogP contribution in [0.1, 0.15) is 5.56 Å². The van der Waals surface area contributed by atoms with Gasteiger partial charge in [-0.25, -0.2) is 13.2 Å². The van der Waals surface area contributed by atoms with E-state index in [4.69, 9.17) is 0 Å². The summed E-state index contributed by atoms with van der Waals surface area (Å²) in [6.07, 6.45) is 0. The highest BCUT2D eigenvalue weighted by Gasteiger charge is 2.54. The maximum Gasteiger partial charge on any atom is 0.329 e. The van der Waals surface area contributed by atoms with Gasteiger partial charge in [0.2, 0.25) is 0 Å². The second-order valence-electron chi connectivity index (χ2n) is 6.41. The molecule has 2 aliphatic heterocycles. The molecule has 124 valence electrons. The molecule has 0 bridgehead atoms. The topological polar surface area (TPSA) is 57.7 Å². The number of para-hydroxylation sites is 1. The van der Waals surface area contributed by atoms with Gasteiger partial charge in [-0.15, -0.1) is 0 Å². The van der Waals surface area contributed by atoms with E-state index in [0.717, 1.165) is 16.9 Å². The number of hydrogen-bond donors (Lipinski definition) is 0. The quantitative estimate of drug-likeness (QED) is 0.788. The molecule has 0 saturated carbocycles. The van der Waals surface area contributed by atoms with Crippen LogP contribution in [0.25, 0.3) is 0 Å². The zero-order valence-electron chi connectivity index (χ0n) is 13.3. The first-order valence-corrected chi connectivity index (χ1v) is 9.73. The number of fused-ring (bicyclic) bond motifs is 1. The highest BCUT2D eigenvalue weighted by molar-refractivity contribution is 7.91. The van der Waals surface area contributed by atoms with Crippen LogP contribution < -0.4 is 9.80 Å². The lowest BCUT2D eigenvalue weighted by Crippen LogP contribution is -2.37. The molecule has 2 fully saturated rings. The molecule has 2 heterocycles. The molecule has 2 aliphatic rings. The van der Waals surface area contributed by atoms with Gasteiger partial charge >= 0.3 is 6.03 Å². The Hall–Kier alpha value is -2.34. The van der Waals surface area contributed by atoms with Gasteiger partial charge in [0, 0.05) is 11.4 Å². The first kappa shape index (κ1) is 15.2. The molecule has 0 spiro atoms. The predicted octanol–water partition coefficient (Wildman–Crippen LogP) is 2.61. The number of amides is 2. The molecule has 2 atom stereocenters. The number of benzene rings is 2. The number of sulfone groups is 1. The number of hydrogen-bond acceptors (Lipinski definition) is 3. The van der Waals surface area contributed by atoms with Crippen molar-refractivity contribution in [2.24, 2.45) is 0 Å². The Morgan fingerprint density at radius 1 is 0.833 bits per heavy atom. The predicted molar refractivity (Wildman–Crippen MR) is 94.2 cm³/mol. The number of carbonyl (C=O) groups excluding carboxylic acids is 1. The summed E-state index contributed by atoms with van der Waals surface area (Å²) in [6, 6.07) is 16.1. The van der Waals surface area contributed by atoms with Gasteiger partial charge in [-0.2, -0.15) is 0 Å². The van der Waals surface area contributed by atoms with E-state index in [9.17, 15) is 13.2 Å². The molecular formula is C18H18N2O3S. The fourth-order valence-electron chi connectivity index (χ4n) is 3.60. The summed E-state index contributed by atoms with van der Waals surface area (Å²) in [4.78, 5) is 16.3. The Kier molecular flexibility index (Phi) is 3.38. The first-order valence-electron chi connectivity index (χ1n) is 7.91. The monoisotopic (exact) mass is 342 g/mol. The molecule has 4 rings (SSSR count). The molecule has 2 aromatic carbocycles. The minimum Gasteiger partial charge on any atom is -0.288 e. The van der Waals surface area contributed by atoms with Crippen LogP contribution in [0.4, 0.5) is 16.2 Å². The van der Waals surface area contributed by atoms with Gasteiger partial charge in [0.1, 0.15) is 0 Å². The van der Waals surface area contributed by atoms with Gasteiger partial charge in [0.05, 0.1) is 23.6 Å². The summed E-state index contributed by atoms with van der Waals surface area (Å²) in [5.41, 5.74) is 2.58. The standard InChI is InChI=1S/C18H18N2O3S/c1-13-7-9-15(10-8-13)20-17-12-24(22,23)11-16(17)19(18(20)21)14-5-3-2-4-6-14/h2-10,16-17H,11-12H2,1H3/t16-,17+/m0/s1. The van der Waals surface area contributed by atoms with E-state index >= 15 is 0 Å². The molecule has 24 heavy (non-hydrogen) atoms. The minimum atomic E-state index is -3.15. The van der Waals surface area contributed by atoms with Crippen LogP contribution >= 0.6 is 0 Å². The zero-order chi connectivity index (χ0) is 16.9. The Labute approximate surface area is 141 Å². The lowest BCUT2D eigenvalue weighted by Gasteiger charge is -2.22. The summed E-state index contributed by atoms with van der Waals surface area (Å²) in [6.45, 7) is 1.98. The van der Waals surface area contributed by atoms with Gasteiger partial charge < -0.3 is 0 Å². The fourth-order valence-corrected chi connectivity index (χ4v) is 5.52. The van der Waals surface area contributed by atoms with Crippen LogP contribution in [0.5, 0.6) is 0 Å². The molecule has 5 nitrogen and oxygen atoms in total. The number of anilines is 2. The molecule has 0 aromatic heterocycles. The SMILES string of the molecule is Cc1ccc(N2C(=O)N(c3ccccc3)[C@H]3CS(=O)(=O)C[C@H]32)cc1. The van der Waals surface area contributed by atoms with Crippen LogP contribution in [-0.2, 0) is 9.84 Å². The summed E-state index contributed by atoms with van der Waals surface area (Å²) in [5, 5.41) is 0. The van der Waals surface area contributed by atoms with E-state index in [0.29, 0.717) is 0 Å². The third kappa shape index (κ3) is 2.38. The maximum atomic E-state index is 13.1. The van der Waals surface area contributed by atoms with E-state index in [1.54, 1.807) is 9.80 Å². The number of aryl methyl sites for hydroxylation is 1. The van der Waals surface area contributed by atoms with Crippen molar-refractivity contribution in [3.05, 3.63) is 60.2 Å². The lowest BCUT2D eigenvalue weighted by molar-refractivity contribution is 0.255. The lowest BCUT2D eigenvalue weighted by atomic mass is 10.1. The van der Waals surface area contributed by atoms with E-state index in [1.807, 2.05) is 61.5 Å². The second kappa shape index (κ2) is 5.34. The van der Waals surface area contributed by atoms with E-state index in [2.05, 4.69) is 0 Å². The number of carbonyl (C=O) groups is 1. The van der Waals surface area contributed by atoms with Gasteiger partial charge in [-0.05, 0) is 31.2 Å². The third-order valence-electron chi connectivity index (χ3n) is 4.72. The molecule has 0 unspecified atom stereocenters. The molecule has 2 aromatic rings. The van der Waals surface area contributed by atoms with Crippen LogP contribution in [0.2, 0.25) is 0 Å². The summed E-state index contributed by atoms with van der Waals surface area (Å²) >= 11 is 0.